The lowest BCUT2D eigenvalue weighted by Gasteiger charge is -2.23. The molecule has 4 rings (SSSR count). The molecule has 0 aliphatic carbocycles. The summed E-state index contributed by atoms with van der Waals surface area (Å²) >= 11 is 0. The number of nitrogens with zero attached hydrogens (tertiary/aromatic N) is 1. The average molecular weight is 489 g/mol. The second kappa shape index (κ2) is 10.9. The minimum atomic E-state index is -0.961. The standard InChI is InChI=1S/C28H28N2O6/c1-3-4-5-16-35-22-14-8-19(9-15-22)26(32)24-25(23-7-6-17-36-23)30(28(34)27(24)33)21-12-10-20(11-13-21)29-18(2)31/h6-15,17,25,32H,3-5,16H2,1-2H3,(H,29,31)/b26-24-. The number of amides is 2. The first-order valence-corrected chi connectivity index (χ1v) is 11.9. The van der Waals surface area contributed by atoms with Gasteiger partial charge in [-0.1, -0.05) is 19.8 Å². The van der Waals surface area contributed by atoms with E-state index in [1.165, 1.54) is 18.1 Å². The molecule has 3 aromatic rings. The summed E-state index contributed by atoms with van der Waals surface area (Å²) in [6, 6.07) is 15.6. The van der Waals surface area contributed by atoms with Gasteiger partial charge in [0.25, 0.3) is 11.7 Å². The minimum absolute atomic E-state index is 0.0718. The third-order valence-electron chi connectivity index (χ3n) is 5.87. The number of benzene rings is 2. The summed E-state index contributed by atoms with van der Waals surface area (Å²) in [4.78, 5) is 38.9. The summed E-state index contributed by atoms with van der Waals surface area (Å²) in [5.41, 5.74) is 1.28. The van der Waals surface area contributed by atoms with Crippen LogP contribution < -0.4 is 15.0 Å². The summed E-state index contributed by atoms with van der Waals surface area (Å²) in [5.74, 6) is -1.15. The molecule has 2 amide bonds. The number of nitrogens with one attached hydrogen (secondary N) is 1. The quantitative estimate of drug-likeness (QED) is 0.180. The molecule has 1 unspecified atom stereocenters. The number of Topliss-reactive ketones (excluding diaryl/α,β-unsaturated/α-hetero) is 1. The van der Waals surface area contributed by atoms with Gasteiger partial charge in [-0.3, -0.25) is 19.3 Å². The molecular formula is C28H28N2O6. The summed E-state index contributed by atoms with van der Waals surface area (Å²) in [5, 5.41) is 13.8. The SMILES string of the molecule is CCCCCOc1ccc(/C(O)=C2/C(=O)C(=O)N(c3ccc(NC(C)=O)cc3)C2c2ccco2)cc1. The van der Waals surface area contributed by atoms with Crippen molar-refractivity contribution in [1.82, 2.24) is 0 Å². The van der Waals surface area contributed by atoms with E-state index in [0.717, 1.165) is 19.3 Å². The van der Waals surface area contributed by atoms with Crippen molar-refractivity contribution >= 4 is 34.7 Å². The molecule has 1 atom stereocenters. The zero-order valence-electron chi connectivity index (χ0n) is 20.2. The Morgan fingerprint density at radius 2 is 1.78 bits per heavy atom. The van der Waals surface area contributed by atoms with E-state index in [0.29, 0.717) is 35.1 Å². The highest BCUT2D eigenvalue weighted by Gasteiger charge is 2.48. The van der Waals surface area contributed by atoms with Crippen LogP contribution in [0.5, 0.6) is 5.75 Å². The number of ketones is 1. The van der Waals surface area contributed by atoms with Crippen molar-refractivity contribution in [3.8, 4) is 5.75 Å². The minimum Gasteiger partial charge on any atom is -0.507 e. The van der Waals surface area contributed by atoms with Gasteiger partial charge < -0.3 is 19.6 Å². The van der Waals surface area contributed by atoms with Crippen molar-refractivity contribution in [3.63, 3.8) is 0 Å². The van der Waals surface area contributed by atoms with Crippen molar-refractivity contribution in [3.05, 3.63) is 83.8 Å². The first-order valence-electron chi connectivity index (χ1n) is 11.9. The fourth-order valence-corrected chi connectivity index (χ4v) is 4.13. The van der Waals surface area contributed by atoms with Crippen LogP contribution in [0.2, 0.25) is 0 Å². The molecule has 186 valence electrons. The second-order valence-corrected chi connectivity index (χ2v) is 8.49. The highest BCUT2D eigenvalue weighted by molar-refractivity contribution is 6.51. The Balaban J connectivity index is 1.68. The Kier molecular flexibility index (Phi) is 7.53. The number of rotatable bonds is 9. The monoisotopic (exact) mass is 488 g/mol. The molecule has 2 N–H and O–H groups in total. The van der Waals surface area contributed by atoms with E-state index in [1.807, 2.05) is 0 Å². The summed E-state index contributed by atoms with van der Waals surface area (Å²) in [7, 11) is 0. The van der Waals surface area contributed by atoms with Crippen molar-refractivity contribution in [2.45, 2.75) is 39.2 Å². The van der Waals surface area contributed by atoms with Gasteiger partial charge in [-0.25, -0.2) is 0 Å². The number of ether oxygens (including phenoxy) is 1. The third-order valence-corrected chi connectivity index (χ3v) is 5.87. The summed E-state index contributed by atoms with van der Waals surface area (Å²) in [6.07, 6.45) is 4.59. The number of anilines is 2. The fraction of sp³-hybridized carbons (Fsp3) is 0.250. The number of furan rings is 1. The number of carbonyl (C=O) groups excluding carboxylic acids is 3. The number of hydrogen-bond acceptors (Lipinski definition) is 6. The van der Waals surface area contributed by atoms with Crippen LogP contribution >= 0.6 is 0 Å². The summed E-state index contributed by atoms with van der Waals surface area (Å²) < 4.78 is 11.3. The molecule has 2 aromatic carbocycles. The molecular weight excluding hydrogens is 460 g/mol. The van der Waals surface area contributed by atoms with E-state index in [-0.39, 0.29) is 17.2 Å². The molecule has 0 radical (unpaired) electrons. The first kappa shape index (κ1) is 24.8. The van der Waals surface area contributed by atoms with Crippen molar-refractivity contribution in [1.29, 1.82) is 0 Å². The van der Waals surface area contributed by atoms with Crippen LogP contribution in [-0.2, 0) is 14.4 Å². The number of unbranched alkanes of at least 4 members (excludes halogenated alkanes) is 2. The van der Waals surface area contributed by atoms with Crippen LogP contribution in [-0.4, -0.2) is 29.3 Å². The van der Waals surface area contributed by atoms with Gasteiger partial charge in [0.2, 0.25) is 5.91 Å². The average Bonchev–Trinajstić information content (AvgIpc) is 3.49. The molecule has 36 heavy (non-hydrogen) atoms. The van der Waals surface area contributed by atoms with Crippen LogP contribution in [0.15, 0.2) is 76.9 Å². The molecule has 1 aromatic heterocycles. The third kappa shape index (κ3) is 5.17. The van der Waals surface area contributed by atoms with E-state index >= 15 is 0 Å². The Bertz CT molecular complexity index is 1260. The lowest BCUT2D eigenvalue weighted by Crippen LogP contribution is -2.29. The molecule has 0 spiro atoms. The van der Waals surface area contributed by atoms with Crippen LogP contribution in [0.3, 0.4) is 0 Å². The predicted molar refractivity (Wildman–Crippen MR) is 136 cm³/mol. The van der Waals surface area contributed by atoms with Crippen LogP contribution in [0.25, 0.3) is 5.76 Å². The van der Waals surface area contributed by atoms with E-state index < -0.39 is 17.7 Å². The highest BCUT2D eigenvalue weighted by Crippen LogP contribution is 2.42. The smallest absolute Gasteiger partial charge is 0.300 e. The predicted octanol–water partition coefficient (Wildman–Crippen LogP) is 5.43. The highest BCUT2D eigenvalue weighted by atomic mass is 16.5. The second-order valence-electron chi connectivity index (χ2n) is 8.49. The van der Waals surface area contributed by atoms with E-state index in [2.05, 4.69) is 12.2 Å². The van der Waals surface area contributed by atoms with Crippen LogP contribution in [0.4, 0.5) is 11.4 Å². The molecule has 1 aliphatic heterocycles. The summed E-state index contributed by atoms with van der Waals surface area (Å²) in [6.45, 7) is 4.12. The van der Waals surface area contributed by atoms with Crippen molar-refractivity contribution in [2.24, 2.45) is 0 Å². The lowest BCUT2D eigenvalue weighted by atomic mass is 9.99. The molecule has 0 bridgehead atoms. The Morgan fingerprint density at radius 1 is 1.06 bits per heavy atom. The first-order chi connectivity index (χ1) is 17.4. The van der Waals surface area contributed by atoms with Gasteiger partial charge in [0.05, 0.1) is 18.4 Å². The molecule has 8 nitrogen and oxygen atoms in total. The fourth-order valence-electron chi connectivity index (χ4n) is 4.13. The maximum Gasteiger partial charge on any atom is 0.300 e. The largest absolute Gasteiger partial charge is 0.507 e. The normalized spacial score (nSPS) is 16.8. The number of aliphatic hydroxyl groups excluding tert-OH is 1. The maximum absolute atomic E-state index is 13.2. The number of hydrogen-bond donors (Lipinski definition) is 2. The van der Waals surface area contributed by atoms with Gasteiger partial charge in [-0.05, 0) is 67.1 Å². The lowest BCUT2D eigenvalue weighted by molar-refractivity contribution is -0.132. The van der Waals surface area contributed by atoms with Gasteiger partial charge >= 0.3 is 0 Å². The van der Waals surface area contributed by atoms with Gasteiger partial charge in [-0.15, -0.1) is 0 Å². The molecule has 1 aliphatic rings. The zero-order valence-corrected chi connectivity index (χ0v) is 20.2. The Labute approximate surface area is 209 Å². The van der Waals surface area contributed by atoms with Crippen molar-refractivity contribution in [2.75, 3.05) is 16.8 Å². The van der Waals surface area contributed by atoms with E-state index in [4.69, 9.17) is 9.15 Å². The molecule has 1 saturated heterocycles. The molecule has 1 fully saturated rings. The number of carbonyl (C=O) groups is 3. The van der Waals surface area contributed by atoms with Crippen molar-refractivity contribution < 1.29 is 28.6 Å². The van der Waals surface area contributed by atoms with Gasteiger partial charge in [0.1, 0.15) is 23.3 Å². The molecule has 2 heterocycles. The van der Waals surface area contributed by atoms with E-state index in [1.54, 1.807) is 60.7 Å². The maximum atomic E-state index is 13.2. The van der Waals surface area contributed by atoms with E-state index in [9.17, 15) is 19.5 Å². The topological polar surface area (TPSA) is 109 Å². The van der Waals surface area contributed by atoms with Crippen LogP contribution in [0.1, 0.15) is 50.5 Å². The molecule has 8 heteroatoms. The van der Waals surface area contributed by atoms with Gasteiger partial charge in [-0.2, -0.15) is 0 Å². The van der Waals surface area contributed by atoms with Crippen LogP contribution in [0, 0.1) is 0 Å². The Hall–Kier alpha value is -4.33. The molecule has 0 saturated carbocycles. The Morgan fingerprint density at radius 3 is 2.39 bits per heavy atom. The van der Waals surface area contributed by atoms with Gasteiger partial charge in [0.15, 0.2) is 0 Å². The number of aliphatic hydroxyl groups is 1. The van der Waals surface area contributed by atoms with Gasteiger partial charge in [0, 0.05) is 23.9 Å². The zero-order chi connectivity index (χ0) is 25.7.